The van der Waals surface area contributed by atoms with Crippen LogP contribution in [0.4, 0.5) is 0 Å². The quantitative estimate of drug-likeness (QED) is 0.336. The summed E-state index contributed by atoms with van der Waals surface area (Å²) in [6, 6.07) is 12.3. The van der Waals surface area contributed by atoms with Gasteiger partial charge in [0, 0.05) is 9.13 Å². The molecule has 0 spiro atoms. The number of amides is 2. The number of ether oxygens (including phenoxy) is 1. The number of benzene rings is 2. The fourth-order valence-corrected chi connectivity index (χ4v) is 2.77. The molecule has 27 heavy (non-hydrogen) atoms. The van der Waals surface area contributed by atoms with E-state index in [0.717, 1.165) is 15.6 Å². The molecule has 0 radical (unpaired) electrons. The number of carbonyl (C=O) groups excluding carboxylic acids is 2. The van der Waals surface area contributed by atoms with Gasteiger partial charge in [-0.1, -0.05) is 25.1 Å². The molecule has 0 aliphatic rings. The van der Waals surface area contributed by atoms with Crippen LogP contribution in [0.2, 0.25) is 0 Å². The van der Waals surface area contributed by atoms with Crippen LogP contribution < -0.4 is 20.9 Å². The van der Waals surface area contributed by atoms with Crippen LogP contribution in [-0.4, -0.2) is 23.5 Å². The van der Waals surface area contributed by atoms with E-state index in [0.29, 0.717) is 23.5 Å². The Morgan fingerprint density at radius 2 is 1.85 bits per heavy atom. The SMILES string of the molecule is CCCOc1ccccc1C(=O)NNC(=S)NC(=O)c1ccc(C)c(I)c1. The lowest BCUT2D eigenvalue weighted by atomic mass is 10.1. The molecule has 0 saturated carbocycles. The highest BCUT2D eigenvalue weighted by Gasteiger charge is 2.13. The van der Waals surface area contributed by atoms with Crippen molar-refractivity contribution in [1.82, 2.24) is 16.2 Å². The molecule has 2 rings (SSSR count). The third kappa shape index (κ3) is 6.17. The van der Waals surface area contributed by atoms with E-state index in [1.54, 1.807) is 36.4 Å². The molecule has 0 heterocycles. The molecule has 2 aromatic rings. The standard InChI is InChI=1S/C19H20IN3O3S/c1-3-10-26-16-7-5-4-6-14(16)18(25)22-23-19(27)21-17(24)13-9-8-12(2)15(20)11-13/h4-9,11H,3,10H2,1-2H3,(H,22,25)(H2,21,23,24,27). The maximum Gasteiger partial charge on any atom is 0.273 e. The monoisotopic (exact) mass is 497 g/mol. The van der Waals surface area contributed by atoms with Gasteiger partial charge >= 0.3 is 0 Å². The van der Waals surface area contributed by atoms with Crippen molar-refractivity contribution in [2.24, 2.45) is 0 Å². The summed E-state index contributed by atoms with van der Waals surface area (Å²) in [4.78, 5) is 24.6. The highest BCUT2D eigenvalue weighted by atomic mass is 127. The van der Waals surface area contributed by atoms with Crippen molar-refractivity contribution in [3.8, 4) is 5.75 Å². The van der Waals surface area contributed by atoms with Gasteiger partial charge in [0.25, 0.3) is 11.8 Å². The highest BCUT2D eigenvalue weighted by Crippen LogP contribution is 2.17. The van der Waals surface area contributed by atoms with E-state index >= 15 is 0 Å². The zero-order valence-corrected chi connectivity index (χ0v) is 17.9. The second kappa shape index (κ2) is 10.2. The number of hydrogen-bond acceptors (Lipinski definition) is 4. The lowest BCUT2D eigenvalue weighted by Gasteiger charge is -2.13. The Labute approximate surface area is 177 Å². The fourth-order valence-electron chi connectivity index (χ4n) is 2.11. The summed E-state index contributed by atoms with van der Waals surface area (Å²) in [5, 5.41) is 2.53. The van der Waals surface area contributed by atoms with Crippen LogP contribution in [0.25, 0.3) is 0 Å². The Kier molecular flexibility index (Phi) is 7.99. The van der Waals surface area contributed by atoms with Crippen molar-refractivity contribution in [3.63, 3.8) is 0 Å². The van der Waals surface area contributed by atoms with E-state index in [-0.39, 0.29) is 11.0 Å². The summed E-state index contributed by atoms with van der Waals surface area (Å²) >= 11 is 7.23. The van der Waals surface area contributed by atoms with Crippen LogP contribution in [0.1, 0.15) is 39.6 Å². The predicted octanol–water partition coefficient (Wildman–Crippen LogP) is 3.34. The molecule has 2 amide bonds. The third-order valence-corrected chi connectivity index (χ3v) is 4.91. The molecule has 0 bridgehead atoms. The molecule has 0 aromatic heterocycles. The molecule has 0 aliphatic carbocycles. The lowest BCUT2D eigenvalue weighted by Crippen LogP contribution is -2.48. The summed E-state index contributed by atoms with van der Waals surface area (Å²) in [7, 11) is 0. The number of thiocarbonyl (C=S) groups is 1. The molecule has 0 aliphatic heterocycles. The van der Waals surface area contributed by atoms with Gasteiger partial charge in [0.1, 0.15) is 5.75 Å². The number of rotatable bonds is 5. The van der Waals surface area contributed by atoms with Crippen molar-refractivity contribution in [3.05, 3.63) is 62.7 Å². The van der Waals surface area contributed by atoms with Gasteiger partial charge in [-0.05, 0) is 78.0 Å². The van der Waals surface area contributed by atoms with Crippen molar-refractivity contribution in [2.45, 2.75) is 20.3 Å². The topological polar surface area (TPSA) is 79.5 Å². The van der Waals surface area contributed by atoms with Crippen LogP contribution in [-0.2, 0) is 0 Å². The second-order valence-electron chi connectivity index (χ2n) is 5.67. The van der Waals surface area contributed by atoms with Crippen LogP contribution in [0, 0.1) is 10.5 Å². The van der Waals surface area contributed by atoms with Crippen LogP contribution in [0.3, 0.4) is 0 Å². The lowest BCUT2D eigenvalue weighted by molar-refractivity contribution is 0.0931. The number of nitrogens with one attached hydrogen (secondary N) is 3. The Bertz CT molecular complexity index is 858. The summed E-state index contributed by atoms with van der Waals surface area (Å²) in [6.45, 7) is 4.47. The smallest absolute Gasteiger partial charge is 0.273 e. The minimum atomic E-state index is -0.414. The van der Waals surface area contributed by atoms with E-state index in [4.69, 9.17) is 17.0 Å². The first-order valence-corrected chi connectivity index (χ1v) is 9.80. The first-order chi connectivity index (χ1) is 12.9. The largest absolute Gasteiger partial charge is 0.493 e. The zero-order chi connectivity index (χ0) is 19.8. The zero-order valence-electron chi connectivity index (χ0n) is 15.0. The minimum Gasteiger partial charge on any atom is -0.493 e. The first-order valence-electron chi connectivity index (χ1n) is 8.32. The molecule has 0 unspecified atom stereocenters. The molecule has 6 nitrogen and oxygen atoms in total. The van der Waals surface area contributed by atoms with Crippen molar-refractivity contribution < 1.29 is 14.3 Å². The maximum absolute atomic E-state index is 12.3. The van der Waals surface area contributed by atoms with Gasteiger partial charge in [0.15, 0.2) is 5.11 Å². The molecule has 0 atom stereocenters. The minimum absolute atomic E-state index is 0.00380. The van der Waals surface area contributed by atoms with E-state index in [9.17, 15) is 9.59 Å². The van der Waals surface area contributed by atoms with Crippen molar-refractivity contribution >= 4 is 51.7 Å². The summed E-state index contributed by atoms with van der Waals surface area (Å²) in [5.41, 5.74) is 6.95. The van der Waals surface area contributed by atoms with Gasteiger partial charge in [-0.25, -0.2) is 0 Å². The molecule has 3 N–H and O–H groups in total. The second-order valence-corrected chi connectivity index (χ2v) is 7.24. The molecular formula is C19H20IN3O3S. The van der Waals surface area contributed by atoms with E-state index in [1.165, 1.54) is 0 Å². The van der Waals surface area contributed by atoms with Gasteiger partial charge in [-0.15, -0.1) is 0 Å². The molecule has 142 valence electrons. The van der Waals surface area contributed by atoms with Crippen molar-refractivity contribution in [1.29, 1.82) is 0 Å². The highest BCUT2D eigenvalue weighted by molar-refractivity contribution is 14.1. The number of carbonyl (C=O) groups is 2. The first kappa shape index (κ1) is 21.1. The Hall–Kier alpha value is -2.20. The number of hydrazine groups is 1. The van der Waals surface area contributed by atoms with Crippen LogP contribution in [0.5, 0.6) is 5.75 Å². The predicted molar refractivity (Wildman–Crippen MR) is 117 cm³/mol. The number of para-hydroxylation sites is 1. The summed E-state index contributed by atoms with van der Waals surface area (Å²) in [6.07, 6.45) is 0.836. The number of hydrogen-bond donors (Lipinski definition) is 3. The van der Waals surface area contributed by atoms with Gasteiger partial charge in [0.2, 0.25) is 0 Å². The van der Waals surface area contributed by atoms with Crippen LogP contribution in [0.15, 0.2) is 42.5 Å². The molecule has 0 fully saturated rings. The van der Waals surface area contributed by atoms with Gasteiger partial charge in [-0.2, -0.15) is 0 Å². The van der Waals surface area contributed by atoms with Crippen molar-refractivity contribution in [2.75, 3.05) is 6.61 Å². The fraction of sp³-hybridized carbons (Fsp3) is 0.211. The molecular weight excluding hydrogens is 477 g/mol. The maximum atomic E-state index is 12.3. The summed E-state index contributed by atoms with van der Waals surface area (Å²) < 4.78 is 6.55. The van der Waals surface area contributed by atoms with Gasteiger partial charge in [-0.3, -0.25) is 25.8 Å². The average Bonchev–Trinajstić information content (AvgIpc) is 2.66. The Balaban J connectivity index is 1.92. The Morgan fingerprint density at radius 3 is 2.56 bits per heavy atom. The van der Waals surface area contributed by atoms with Gasteiger partial charge in [0.05, 0.1) is 12.2 Å². The molecule has 2 aromatic carbocycles. The normalized spacial score (nSPS) is 10.0. The number of halogens is 1. The van der Waals surface area contributed by atoms with E-state index in [2.05, 4.69) is 38.8 Å². The average molecular weight is 497 g/mol. The van der Waals surface area contributed by atoms with E-state index < -0.39 is 5.91 Å². The third-order valence-electron chi connectivity index (χ3n) is 3.54. The van der Waals surface area contributed by atoms with E-state index in [1.807, 2.05) is 19.9 Å². The van der Waals surface area contributed by atoms with Gasteiger partial charge < -0.3 is 4.74 Å². The van der Waals surface area contributed by atoms with Crippen LogP contribution >= 0.6 is 34.8 Å². The molecule has 8 heteroatoms. The Morgan fingerprint density at radius 1 is 1.11 bits per heavy atom. The molecule has 0 saturated heterocycles. The number of aryl methyl sites for hydroxylation is 1. The summed E-state index contributed by atoms with van der Waals surface area (Å²) in [5.74, 6) is -0.280.